The van der Waals surface area contributed by atoms with Crippen LogP contribution in [-0.2, 0) is 0 Å². The fourth-order valence-corrected chi connectivity index (χ4v) is 3.53. The van der Waals surface area contributed by atoms with E-state index in [1.54, 1.807) is 24.5 Å². The first-order valence-corrected chi connectivity index (χ1v) is 9.64. The van der Waals surface area contributed by atoms with E-state index in [1.165, 1.54) is 0 Å². The molecule has 144 valence electrons. The number of benzene rings is 3. The molecule has 1 amide bonds. The van der Waals surface area contributed by atoms with Crippen LogP contribution in [-0.4, -0.2) is 20.7 Å². The molecule has 2 aromatic heterocycles. The lowest BCUT2D eigenvalue weighted by molar-refractivity contribution is 0.102. The number of pyridine rings is 1. The molecule has 0 unspecified atom stereocenters. The average molecular weight is 390 g/mol. The minimum Gasteiger partial charge on any atom is -0.319 e. The summed E-state index contributed by atoms with van der Waals surface area (Å²) >= 11 is 0. The van der Waals surface area contributed by atoms with Crippen molar-refractivity contribution in [2.75, 3.05) is 5.32 Å². The van der Waals surface area contributed by atoms with E-state index in [0.29, 0.717) is 11.4 Å². The second kappa shape index (κ2) is 7.64. The Morgan fingerprint density at radius 3 is 2.47 bits per heavy atom. The number of aromatic nitrogens is 3. The number of rotatable bonds is 4. The van der Waals surface area contributed by atoms with Crippen molar-refractivity contribution in [3.63, 3.8) is 0 Å². The molecule has 2 heterocycles. The largest absolute Gasteiger partial charge is 0.319 e. The van der Waals surface area contributed by atoms with Gasteiger partial charge in [-0.25, -0.2) is 4.68 Å². The molecule has 0 atom stereocenters. The number of hydrogen-bond acceptors (Lipinski definition) is 3. The van der Waals surface area contributed by atoms with E-state index < -0.39 is 0 Å². The third-order valence-electron chi connectivity index (χ3n) is 4.93. The predicted molar refractivity (Wildman–Crippen MR) is 119 cm³/mol. The number of fused-ring (bicyclic) bond motifs is 1. The van der Waals surface area contributed by atoms with Gasteiger partial charge < -0.3 is 5.32 Å². The van der Waals surface area contributed by atoms with Gasteiger partial charge in [0.2, 0.25) is 0 Å². The van der Waals surface area contributed by atoms with Gasteiger partial charge >= 0.3 is 0 Å². The first kappa shape index (κ1) is 17.8. The van der Waals surface area contributed by atoms with Gasteiger partial charge in [0, 0.05) is 11.8 Å². The van der Waals surface area contributed by atoms with Crippen LogP contribution in [0, 0.1) is 0 Å². The number of amides is 1. The molecule has 0 aliphatic heterocycles. The van der Waals surface area contributed by atoms with Crippen LogP contribution in [0.2, 0.25) is 0 Å². The van der Waals surface area contributed by atoms with Crippen LogP contribution in [0.1, 0.15) is 10.5 Å². The fraction of sp³-hybridized carbons (Fsp3) is 0. The van der Waals surface area contributed by atoms with Crippen molar-refractivity contribution in [1.82, 2.24) is 14.8 Å². The molecule has 5 heteroatoms. The van der Waals surface area contributed by atoms with Gasteiger partial charge in [0.1, 0.15) is 0 Å². The third-order valence-corrected chi connectivity index (χ3v) is 4.93. The Hall–Kier alpha value is -4.25. The highest BCUT2D eigenvalue weighted by Gasteiger charge is 2.18. The van der Waals surface area contributed by atoms with Gasteiger partial charge in [0.05, 0.1) is 23.3 Å². The van der Waals surface area contributed by atoms with Crippen molar-refractivity contribution in [3.05, 3.63) is 109 Å². The van der Waals surface area contributed by atoms with E-state index in [1.807, 2.05) is 59.3 Å². The first-order valence-electron chi connectivity index (χ1n) is 9.64. The van der Waals surface area contributed by atoms with E-state index in [4.69, 9.17) is 0 Å². The highest BCUT2D eigenvalue weighted by molar-refractivity contribution is 6.04. The quantitative estimate of drug-likeness (QED) is 0.451. The molecule has 0 saturated carbocycles. The maximum absolute atomic E-state index is 12.9. The molecule has 30 heavy (non-hydrogen) atoms. The lowest BCUT2D eigenvalue weighted by Crippen LogP contribution is -2.13. The van der Waals surface area contributed by atoms with Gasteiger partial charge in [-0.15, -0.1) is 0 Å². The number of carbonyl (C=O) groups is 1. The van der Waals surface area contributed by atoms with Gasteiger partial charge in [0.25, 0.3) is 5.91 Å². The Kier molecular flexibility index (Phi) is 4.54. The van der Waals surface area contributed by atoms with Crippen LogP contribution in [0.15, 0.2) is 103 Å². The van der Waals surface area contributed by atoms with Crippen LogP contribution < -0.4 is 5.32 Å². The maximum atomic E-state index is 12.9. The molecule has 0 spiro atoms. The molecule has 0 aliphatic rings. The summed E-state index contributed by atoms with van der Waals surface area (Å²) in [6, 6.07) is 29.6. The molecular weight excluding hydrogens is 372 g/mol. The Morgan fingerprint density at radius 2 is 1.63 bits per heavy atom. The Morgan fingerprint density at radius 1 is 0.833 bits per heavy atom. The summed E-state index contributed by atoms with van der Waals surface area (Å²) < 4.78 is 1.82. The molecular formula is C25H18N4O. The molecule has 0 saturated heterocycles. The molecule has 5 aromatic rings. The van der Waals surface area contributed by atoms with Crippen molar-refractivity contribution in [3.8, 4) is 16.9 Å². The van der Waals surface area contributed by atoms with E-state index >= 15 is 0 Å². The summed E-state index contributed by atoms with van der Waals surface area (Å²) in [6.45, 7) is 0. The summed E-state index contributed by atoms with van der Waals surface area (Å²) in [5, 5.41) is 9.75. The Bertz CT molecular complexity index is 1320. The van der Waals surface area contributed by atoms with Crippen molar-refractivity contribution < 1.29 is 4.79 Å². The molecule has 0 radical (unpaired) electrons. The van der Waals surface area contributed by atoms with E-state index in [0.717, 1.165) is 27.7 Å². The van der Waals surface area contributed by atoms with Crippen molar-refractivity contribution in [2.45, 2.75) is 0 Å². The number of para-hydroxylation sites is 1. The number of nitrogens with one attached hydrogen (secondary N) is 1. The first-order chi connectivity index (χ1) is 14.8. The lowest BCUT2D eigenvalue weighted by Gasteiger charge is -2.10. The predicted octanol–water partition coefficient (Wildman–Crippen LogP) is 5.34. The SMILES string of the molecule is O=C(Nc1cccnc1)c1cc(-c2cccc3ccccc23)n(-c2ccccc2)n1. The number of hydrogen-bond donors (Lipinski definition) is 1. The minimum absolute atomic E-state index is 0.279. The van der Waals surface area contributed by atoms with Crippen molar-refractivity contribution in [2.24, 2.45) is 0 Å². The molecule has 1 N–H and O–H groups in total. The molecule has 0 fully saturated rings. The summed E-state index contributed by atoms with van der Waals surface area (Å²) in [6.07, 6.45) is 3.27. The van der Waals surface area contributed by atoms with E-state index in [-0.39, 0.29) is 5.91 Å². The zero-order valence-electron chi connectivity index (χ0n) is 16.1. The van der Waals surface area contributed by atoms with Gasteiger partial charge in [-0.2, -0.15) is 5.10 Å². The fourth-order valence-electron chi connectivity index (χ4n) is 3.53. The second-order valence-corrected chi connectivity index (χ2v) is 6.88. The van der Waals surface area contributed by atoms with Gasteiger partial charge in [-0.3, -0.25) is 9.78 Å². The lowest BCUT2D eigenvalue weighted by atomic mass is 10.0. The van der Waals surface area contributed by atoms with Crippen molar-refractivity contribution >= 4 is 22.4 Å². The van der Waals surface area contributed by atoms with Gasteiger partial charge in [-0.05, 0) is 41.1 Å². The third kappa shape index (κ3) is 3.33. The summed E-state index contributed by atoms with van der Waals surface area (Å²) in [4.78, 5) is 16.9. The van der Waals surface area contributed by atoms with E-state index in [9.17, 15) is 4.79 Å². The van der Waals surface area contributed by atoms with E-state index in [2.05, 4.69) is 39.7 Å². The molecule has 0 aliphatic carbocycles. The molecule has 5 rings (SSSR count). The number of carbonyl (C=O) groups excluding carboxylic acids is 1. The van der Waals surface area contributed by atoms with Crippen LogP contribution in [0.4, 0.5) is 5.69 Å². The van der Waals surface area contributed by atoms with Crippen molar-refractivity contribution in [1.29, 1.82) is 0 Å². The van der Waals surface area contributed by atoms with Crippen LogP contribution >= 0.6 is 0 Å². The van der Waals surface area contributed by atoms with Gasteiger partial charge in [0.15, 0.2) is 5.69 Å². The summed E-state index contributed by atoms with van der Waals surface area (Å²) in [7, 11) is 0. The molecule has 0 bridgehead atoms. The molecule has 5 nitrogen and oxygen atoms in total. The zero-order valence-corrected chi connectivity index (χ0v) is 16.1. The average Bonchev–Trinajstić information content (AvgIpc) is 3.25. The smallest absolute Gasteiger partial charge is 0.276 e. The molecule has 3 aromatic carbocycles. The highest BCUT2D eigenvalue weighted by atomic mass is 16.2. The Labute approximate surface area is 173 Å². The monoisotopic (exact) mass is 390 g/mol. The number of anilines is 1. The topological polar surface area (TPSA) is 59.8 Å². The maximum Gasteiger partial charge on any atom is 0.276 e. The van der Waals surface area contributed by atoms with Crippen LogP contribution in [0.5, 0.6) is 0 Å². The standard InChI is InChI=1S/C25H18N4O/c30-25(27-19-10-7-15-26-17-19)23-16-24(29(28-23)20-11-2-1-3-12-20)22-14-6-9-18-8-4-5-13-21(18)22/h1-17H,(H,27,30). The van der Waals surface area contributed by atoms with Crippen LogP contribution in [0.25, 0.3) is 27.7 Å². The normalized spacial score (nSPS) is 10.8. The highest BCUT2D eigenvalue weighted by Crippen LogP contribution is 2.31. The summed E-state index contributed by atoms with van der Waals surface area (Å²) in [5.74, 6) is -0.279. The zero-order chi connectivity index (χ0) is 20.3. The summed E-state index contributed by atoms with van der Waals surface area (Å²) in [5.41, 5.74) is 3.73. The van der Waals surface area contributed by atoms with Crippen LogP contribution in [0.3, 0.4) is 0 Å². The van der Waals surface area contributed by atoms with Gasteiger partial charge in [-0.1, -0.05) is 60.7 Å². The minimum atomic E-state index is -0.279. The number of nitrogens with zero attached hydrogens (tertiary/aromatic N) is 3. The Balaban J connectivity index is 1.65. The second-order valence-electron chi connectivity index (χ2n) is 6.88.